The van der Waals surface area contributed by atoms with E-state index >= 15 is 0 Å². The van der Waals surface area contributed by atoms with Gasteiger partial charge in [-0.05, 0) is 35.9 Å². The van der Waals surface area contributed by atoms with E-state index in [1.165, 1.54) is 16.5 Å². The zero-order chi connectivity index (χ0) is 11.7. The number of nitrogens with zero attached hydrogens (tertiary/aromatic N) is 2. The van der Waals surface area contributed by atoms with E-state index in [4.69, 9.17) is 0 Å². The first-order valence-electron chi connectivity index (χ1n) is 5.47. The quantitative estimate of drug-likeness (QED) is 0.700. The van der Waals surface area contributed by atoms with Crippen molar-refractivity contribution in [2.24, 2.45) is 0 Å². The van der Waals surface area contributed by atoms with Gasteiger partial charge in [-0.1, -0.05) is 22.0 Å². The smallest absolute Gasteiger partial charge is 0.0494 e. The molecule has 0 aliphatic carbocycles. The fourth-order valence-corrected chi connectivity index (χ4v) is 2.50. The molecule has 0 amide bonds. The van der Waals surface area contributed by atoms with Gasteiger partial charge in [0.2, 0.25) is 0 Å². The van der Waals surface area contributed by atoms with Gasteiger partial charge < -0.3 is 4.57 Å². The topological polar surface area (TPSA) is 17.8 Å². The number of rotatable bonds is 2. The van der Waals surface area contributed by atoms with E-state index in [1.54, 1.807) is 0 Å². The Morgan fingerprint density at radius 3 is 2.71 bits per heavy atom. The summed E-state index contributed by atoms with van der Waals surface area (Å²) in [6.07, 6.45) is 5.78. The van der Waals surface area contributed by atoms with Crippen LogP contribution in [0.1, 0.15) is 5.56 Å². The summed E-state index contributed by atoms with van der Waals surface area (Å²) in [7, 11) is 0. The first kappa shape index (κ1) is 10.5. The maximum Gasteiger partial charge on any atom is 0.0494 e. The molecule has 0 N–H and O–H groups in total. The Kier molecular flexibility index (Phi) is 2.69. The van der Waals surface area contributed by atoms with Crippen LogP contribution in [0.3, 0.4) is 0 Å². The van der Waals surface area contributed by atoms with Crippen LogP contribution in [0.2, 0.25) is 0 Å². The van der Waals surface area contributed by atoms with Crippen molar-refractivity contribution < 1.29 is 0 Å². The zero-order valence-electron chi connectivity index (χ0n) is 9.18. The molecular formula is C14H11BrN2. The lowest BCUT2D eigenvalue weighted by molar-refractivity contribution is 0.834. The molecule has 3 heteroatoms. The molecule has 2 nitrogen and oxygen atoms in total. The number of pyridine rings is 1. The van der Waals surface area contributed by atoms with Gasteiger partial charge in [-0.25, -0.2) is 0 Å². The van der Waals surface area contributed by atoms with Crippen LogP contribution in [0.4, 0.5) is 0 Å². The Bertz CT molecular complexity index is 644. The van der Waals surface area contributed by atoms with Crippen molar-refractivity contribution in [1.29, 1.82) is 0 Å². The molecule has 2 aromatic heterocycles. The van der Waals surface area contributed by atoms with Crippen molar-refractivity contribution in [1.82, 2.24) is 9.55 Å². The van der Waals surface area contributed by atoms with Gasteiger partial charge in [0.15, 0.2) is 0 Å². The normalized spacial score (nSPS) is 10.9. The number of halogens is 1. The first-order valence-corrected chi connectivity index (χ1v) is 6.26. The van der Waals surface area contributed by atoms with E-state index in [2.05, 4.69) is 55.9 Å². The number of fused-ring (bicyclic) bond motifs is 1. The summed E-state index contributed by atoms with van der Waals surface area (Å²) >= 11 is 3.57. The maximum atomic E-state index is 4.03. The summed E-state index contributed by atoms with van der Waals surface area (Å²) in [5, 5.41) is 1.25. The standard InChI is InChI=1S/C14H11BrN2/c15-13-2-1-3-14-12(13)6-9-17(14)10-11-4-7-16-8-5-11/h1-9H,10H2. The van der Waals surface area contributed by atoms with E-state index < -0.39 is 0 Å². The van der Waals surface area contributed by atoms with E-state index in [-0.39, 0.29) is 0 Å². The summed E-state index contributed by atoms with van der Waals surface area (Å²) in [5.74, 6) is 0. The highest BCUT2D eigenvalue weighted by Crippen LogP contribution is 2.25. The third-order valence-corrected chi connectivity index (χ3v) is 3.55. The van der Waals surface area contributed by atoms with Gasteiger partial charge in [0.1, 0.15) is 0 Å². The van der Waals surface area contributed by atoms with Crippen LogP contribution in [0.5, 0.6) is 0 Å². The Morgan fingerprint density at radius 1 is 1.06 bits per heavy atom. The van der Waals surface area contributed by atoms with Crippen LogP contribution in [-0.4, -0.2) is 9.55 Å². The molecule has 0 aliphatic rings. The van der Waals surface area contributed by atoms with Gasteiger partial charge in [0, 0.05) is 40.5 Å². The summed E-state index contributed by atoms with van der Waals surface area (Å²) in [5.41, 5.74) is 2.51. The van der Waals surface area contributed by atoms with Crippen molar-refractivity contribution in [3.63, 3.8) is 0 Å². The van der Waals surface area contributed by atoms with Crippen molar-refractivity contribution in [2.45, 2.75) is 6.54 Å². The fourth-order valence-electron chi connectivity index (χ4n) is 2.01. The Labute approximate surface area is 108 Å². The molecule has 0 unspecified atom stereocenters. The van der Waals surface area contributed by atoms with Crippen molar-refractivity contribution in [2.75, 3.05) is 0 Å². The minimum atomic E-state index is 0.877. The van der Waals surface area contributed by atoms with Crippen LogP contribution in [-0.2, 0) is 6.54 Å². The van der Waals surface area contributed by atoms with Crippen molar-refractivity contribution >= 4 is 26.8 Å². The molecule has 3 rings (SSSR count). The number of hydrogen-bond acceptors (Lipinski definition) is 1. The van der Waals surface area contributed by atoms with Crippen LogP contribution in [0.15, 0.2) is 59.5 Å². The monoisotopic (exact) mass is 286 g/mol. The van der Waals surface area contributed by atoms with Gasteiger partial charge in [-0.2, -0.15) is 0 Å². The number of aromatic nitrogens is 2. The zero-order valence-corrected chi connectivity index (χ0v) is 10.8. The minimum Gasteiger partial charge on any atom is -0.343 e. The summed E-state index contributed by atoms with van der Waals surface area (Å²) in [4.78, 5) is 4.03. The first-order chi connectivity index (χ1) is 8.34. The number of benzene rings is 1. The van der Waals surface area contributed by atoms with Gasteiger partial charge in [-0.15, -0.1) is 0 Å². The molecule has 84 valence electrons. The van der Waals surface area contributed by atoms with Gasteiger partial charge in [0.25, 0.3) is 0 Å². The molecule has 0 saturated heterocycles. The lowest BCUT2D eigenvalue weighted by Gasteiger charge is -2.05. The molecule has 3 aromatic rings. The fraction of sp³-hybridized carbons (Fsp3) is 0.0714. The van der Waals surface area contributed by atoms with Crippen LogP contribution < -0.4 is 0 Å². The predicted molar refractivity (Wildman–Crippen MR) is 73.0 cm³/mol. The second-order valence-corrected chi connectivity index (χ2v) is 4.83. The lowest BCUT2D eigenvalue weighted by atomic mass is 10.2. The largest absolute Gasteiger partial charge is 0.343 e. The number of hydrogen-bond donors (Lipinski definition) is 0. The van der Waals surface area contributed by atoms with E-state index in [0.29, 0.717) is 0 Å². The summed E-state index contributed by atoms with van der Waals surface area (Å²) in [6.45, 7) is 0.877. The third-order valence-electron chi connectivity index (χ3n) is 2.86. The molecule has 0 atom stereocenters. The van der Waals surface area contributed by atoms with Gasteiger partial charge >= 0.3 is 0 Å². The Balaban J connectivity index is 2.05. The SMILES string of the molecule is Brc1cccc2c1ccn2Cc1ccncc1. The van der Waals surface area contributed by atoms with Gasteiger partial charge in [0.05, 0.1) is 0 Å². The lowest BCUT2D eigenvalue weighted by Crippen LogP contribution is -1.97. The molecule has 0 radical (unpaired) electrons. The van der Waals surface area contributed by atoms with E-state index in [1.807, 2.05) is 24.5 Å². The second-order valence-electron chi connectivity index (χ2n) is 3.97. The third kappa shape index (κ3) is 1.98. The predicted octanol–water partition coefficient (Wildman–Crippen LogP) is 3.85. The van der Waals surface area contributed by atoms with Crippen LogP contribution in [0, 0.1) is 0 Å². The highest BCUT2D eigenvalue weighted by Gasteiger charge is 2.03. The van der Waals surface area contributed by atoms with Crippen molar-refractivity contribution in [3.8, 4) is 0 Å². The van der Waals surface area contributed by atoms with E-state index in [0.717, 1.165) is 11.0 Å². The average molecular weight is 287 g/mol. The molecule has 0 aliphatic heterocycles. The van der Waals surface area contributed by atoms with E-state index in [9.17, 15) is 0 Å². The molecule has 0 spiro atoms. The molecule has 0 saturated carbocycles. The highest BCUT2D eigenvalue weighted by molar-refractivity contribution is 9.10. The molecule has 1 aromatic carbocycles. The van der Waals surface area contributed by atoms with Crippen LogP contribution in [0.25, 0.3) is 10.9 Å². The van der Waals surface area contributed by atoms with Crippen LogP contribution >= 0.6 is 15.9 Å². The summed E-state index contributed by atoms with van der Waals surface area (Å²) < 4.78 is 3.39. The molecule has 0 bridgehead atoms. The maximum absolute atomic E-state index is 4.03. The average Bonchev–Trinajstić information content (AvgIpc) is 2.76. The highest BCUT2D eigenvalue weighted by atomic mass is 79.9. The summed E-state index contributed by atoms with van der Waals surface area (Å²) in [6, 6.07) is 12.5. The molecule has 2 heterocycles. The molecule has 17 heavy (non-hydrogen) atoms. The van der Waals surface area contributed by atoms with Gasteiger partial charge in [-0.3, -0.25) is 4.98 Å². The molecule has 0 fully saturated rings. The second kappa shape index (κ2) is 4.34. The Morgan fingerprint density at radius 2 is 1.88 bits per heavy atom. The molecular weight excluding hydrogens is 276 g/mol. The Hall–Kier alpha value is -1.61. The van der Waals surface area contributed by atoms with Crippen molar-refractivity contribution in [3.05, 3.63) is 65.0 Å². The minimum absolute atomic E-state index is 0.877.